The van der Waals surface area contributed by atoms with E-state index in [-0.39, 0.29) is 11.9 Å². The van der Waals surface area contributed by atoms with Gasteiger partial charge in [-0.1, -0.05) is 19.8 Å². The molecule has 1 aliphatic heterocycles. The minimum absolute atomic E-state index is 0.236. The molecule has 0 aromatic carbocycles. The number of hydrogen-bond donors (Lipinski definition) is 2. The van der Waals surface area contributed by atoms with E-state index in [0.717, 1.165) is 39.1 Å². The number of fused-ring (bicyclic) bond motifs is 1. The molecule has 0 aromatic heterocycles. The van der Waals surface area contributed by atoms with E-state index in [1.165, 1.54) is 19.3 Å². The molecule has 3 unspecified atom stereocenters. The molecule has 1 heterocycles. The van der Waals surface area contributed by atoms with Crippen LogP contribution >= 0.6 is 0 Å². The molecule has 2 aliphatic rings. The highest BCUT2D eigenvalue weighted by Gasteiger charge is 2.35. The Hall–Kier alpha value is -0.650. The van der Waals surface area contributed by atoms with Crippen molar-refractivity contribution in [3.63, 3.8) is 0 Å². The molecule has 0 spiro atoms. The highest BCUT2D eigenvalue weighted by Crippen LogP contribution is 2.28. The maximum Gasteiger partial charge on any atom is 0.235 e. The molecule has 2 rings (SSSR count). The van der Waals surface area contributed by atoms with Gasteiger partial charge in [0.2, 0.25) is 5.91 Å². The molecule has 0 bridgehead atoms. The van der Waals surface area contributed by atoms with E-state index < -0.39 is 0 Å². The van der Waals surface area contributed by atoms with E-state index in [4.69, 9.17) is 10.5 Å². The van der Waals surface area contributed by atoms with Gasteiger partial charge in [-0.05, 0) is 25.8 Å². The zero-order valence-electron chi connectivity index (χ0n) is 11.9. The smallest absolute Gasteiger partial charge is 0.235 e. The SMILES string of the molecule is CCCNC(CN1CCOC2CCCCC21)C(N)=O. The molecule has 110 valence electrons. The maximum atomic E-state index is 11.5. The largest absolute Gasteiger partial charge is 0.375 e. The maximum absolute atomic E-state index is 11.5. The molecular formula is C14H27N3O2. The number of primary amides is 1. The minimum atomic E-state index is -0.243. The number of ether oxygens (including phenoxy) is 1. The number of nitrogens with one attached hydrogen (secondary N) is 1. The highest BCUT2D eigenvalue weighted by atomic mass is 16.5. The van der Waals surface area contributed by atoms with Gasteiger partial charge in [-0.3, -0.25) is 9.69 Å². The first-order chi connectivity index (χ1) is 9.22. The molecule has 3 N–H and O–H groups in total. The van der Waals surface area contributed by atoms with Crippen molar-refractivity contribution in [2.24, 2.45) is 5.73 Å². The number of amides is 1. The minimum Gasteiger partial charge on any atom is -0.375 e. The van der Waals surface area contributed by atoms with Crippen molar-refractivity contribution >= 4 is 5.91 Å². The Balaban J connectivity index is 1.92. The Kier molecular flexibility index (Phi) is 5.60. The van der Waals surface area contributed by atoms with Crippen LogP contribution in [0.3, 0.4) is 0 Å². The summed E-state index contributed by atoms with van der Waals surface area (Å²) in [6, 6.07) is 0.244. The quantitative estimate of drug-likeness (QED) is 0.736. The standard InChI is InChI=1S/C14H27N3O2/c1-2-7-16-11(14(15)18)10-17-8-9-19-13-6-4-3-5-12(13)17/h11-13,16H,2-10H2,1H3,(H2,15,18). The van der Waals surface area contributed by atoms with Crippen molar-refractivity contribution in [1.82, 2.24) is 10.2 Å². The second-order valence-electron chi connectivity index (χ2n) is 5.67. The molecule has 1 amide bonds. The second kappa shape index (κ2) is 7.22. The monoisotopic (exact) mass is 269 g/mol. The lowest BCUT2D eigenvalue weighted by Gasteiger charge is -2.44. The lowest BCUT2D eigenvalue weighted by Crippen LogP contribution is -2.58. The summed E-state index contributed by atoms with van der Waals surface area (Å²) in [6.45, 7) is 5.35. The average Bonchev–Trinajstić information content (AvgIpc) is 2.43. The summed E-state index contributed by atoms with van der Waals surface area (Å²) in [5.41, 5.74) is 5.50. The first kappa shape index (κ1) is 14.8. The van der Waals surface area contributed by atoms with Crippen LogP contribution in [0.5, 0.6) is 0 Å². The average molecular weight is 269 g/mol. The van der Waals surface area contributed by atoms with Crippen molar-refractivity contribution in [3.8, 4) is 0 Å². The zero-order chi connectivity index (χ0) is 13.7. The van der Waals surface area contributed by atoms with E-state index in [9.17, 15) is 4.79 Å². The molecule has 1 aliphatic carbocycles. The van der Waals surface area contributed by atoms with Crippen LogP contribution in [-0.4, -0.2) is 55.2 Å². The molecule has 0 aromatic rings. The van der Waals surface area contributed by atoms with Crippen LogP contribution in [0.25, 0.3) is 0 Å². The van der Waals surface area contributed by atoms with Crippen LogP contribution in [0.15, 0.2) is 0 Å². The fourth-order valence-electron chi connectivity index (χ4n) is 3.21. The Morgan fingerprint density at radius 3 is 3.00 bits per heavy atom. The van der Waals surface area contributed by atoms with Crippen LogP contribution in [0.4, 0.5) is 0 Å². The molecule has 5 heteroatoms. The third-order valence-electron chi connectivity index (χ3n) is 4.25. The molecule has 1 saturated carbocycles. The number of nitrogens with zero attached hydrogens (tertiary/aromatic N) is 1. The van der Waals surface area contributed by atoms with Crippen molar-refractivity contribution in [2.45, 2.75) is 57.2 Å². The van der Waals surface area contributed by atoms with Crippen molar-refractivity contribution in [1.29, 1.82) is 0 Å². The van der Waals surface area contributed by atoms with Crippen molar-refractivity contribution in [3.05, 3.63) is 0 Å². The zero-order valence-corrected chi connectivity index (χ0v) is 11.9. The highest BCUT2D eigenvalue weighted by molar-refractivity contribution is 5.80. The number of carbonyl (C=O) groups is 1. The van der Waals surface area contributed by atoms with E-state index in [2.05, 4.69) is 17.1 Å². The molecule has 5 nitrogen and oxygen atoms in total. The van der Waals surface area contributed by atoms with Gasteiger partial charge in [-0.25, -0.2) is 0 Å². The lowest BCUT2D eigenvalue weighted by atomic mass is 9.90. The van der Waals surface area contributed by atoms with Crippen molar-refractivity contribution < 1.29 is 9.53 Å². The first-order valence-electron chi connectivity index (χ1n) is 7.60. The number of nitrogens with two attached hydrogens (primary N) is 1. The van der Waals surface area contributed by atoms with Gasteiger partial charge in [0.1, 0.15) is 0 Å². The summed E-state index contributed by atoms with van der Waals surface area (Å²) in [7, 11) is 0. The van der Waals surface area contributed by atoms with Gasteiger partial charge >= 0.3 is 0 Å². The topological polar surface area (TPSA) is 67.6 Å². The molecule has 2 fully saturated rings. The Bertz CT molecular complexity index is 296. The Morgan fingerprint density at radius 1 is 1.47 bits per heavy atom. The van der Waals surface area contributed by atoms with Gasteiger partial charge in [0.05, 0.1) is 18.8 Å². The predicted molar refractivity (Wildman–Crippen MR) is 74.8 cm³/mol. The van der Waals surface area contributed by atoms with E-state index in [1.54, 1.807) is 0 Å². The second-order valence-corrected chi connectivity index (χ2v) is 5.67. The summed E-state index contributed by atoms with van der Waals surface area (Å²) in [5, 5.41) is 3.25. The van der Waals surface area contributed by atoms with Gasteiger partial charge in [0.25, 0.3) is 0 Å². The van der Waals surface area contributed by atoms with Crippen molar-refractivity contribution in [2.75, 3.05) is 26.2 Å². The van der Waals surface area contributed by atoms with Crippen LogP contribution in [-0.2, 0) is 9.53 Å². The van der Waals surface area contributed by atoms with Gasteiger partial charge in [-0.2, -0.15) is 0 Å². The Labute approximate surface area is 115 Å². The van der Waals surface area contributed by atoms with Gasteiger partial charge < -0.3 is 15.8 Å². The molecular weight excluding hydrogens is 242 g/mol. The fourth-order valence-corrected chi connectivity index (χ4v) is 3.21. The van der Waals surface area contributed by atoms with Gasteiger partial charge in [0, 0.05) is 19.1 Å². The molecule has 3 atom stereocenters. The third-order valence-corrected chi connectivity index (χ3v) is 4.25. The summed E-state index contributed by atoms with van der Waals surface area (Å²) in [6.07, 6.45) is 6.25. The summed E-state index contributed by atoms with van der Waals surface area (Å²) in [5.74, 6) is -0.243. The summed E-state index contributed by atoms with van der Waals surface area (Å²) in [4.78, 5) is 13.9. The molecule has 19 heavy (non-hydrogen) atoms. The number of hydrogen-bond acceptors (Lipinski definition) is 4. The number of rotatable bonds is 6. The van der Waals surface area contributed by atoms with Crippen LogP contribution in [0.2, 0.25) is 0 Å². The van der Waals surface area contributed by atoms with Crippen LogP contribution in [0, 0.1) is 0 Å². The third kappa shape index (κ3) is 3.91. The Morgan fingerprint density at radius 2 is 2.26 bits per heavy atom. The molecule has 1 saturated heterocycles. The van der Waals surface area contributed by atoms with Crippen LogP contribution < -0.4 is 11.1 Å². The predicted octanol–water partition coefficient (Wildman–Crippen LogP) is 0.483. The van der Waals surface area contributed by atoms with Crippen LogP contribution in [0.1, 0.15) is 39.0 Å². The fraction of sp³-hybridized carbons (Fsp3) is 0.929. The first-order valence-corrected chi connectivity index (χ1v) is 7.60. The van der Waals surface area contributed by atoms with Gasteiger partial charge in [0.15, 0.2) is 0 Å². The lowest BCUT2D eigenvalue weighted by molar-refractivity contribution is -0.123. The van der Waals surface area contributed by atoms with E-state index in [1.807, 2.05) is 0 Å². The van der Waals surface area contributed by atoms with E-state index in [0.29, 0.717) is 12.1 Å². The van der Waals surface area contributed by atoms with Gasteiger partial charge in [-0.15, -0.1) is 0 Å². The van der Waals surface area contributed by atoms with E-state index >= 15 is 0 Å². The summed E-state index contributed by atoms with van der Waals surface area (Å²) >= 11 is 0. The number of morpholine rings is 1. The summed E-state index contributed by atoms with van der Waals surface area (Å²) < 4.78 is 5.86. The molecule has 0 radical (unpaired) electrons. The normalized spacial score (nSPS) is 29.7. The number of carbonyl (C=O) groups excluding carboxylic acids is 1.